The maximum atomic E-state index is 13.1. The van der Waals surface area contributed by atoms with Crippen molar-refractivity contribution in [1.82, 2.24) is 5.32 Å². The van der Waals surface area contributed by atoms with Crippen LogP contribution in [0.15, 0.2) is 48.5 Å². The van der Waals surface area contributed by atoms with E-state index in [4.69, 9.17) is 4.74 Å². The number of carbonyl (C=O) groups is 2. The molecule has 2 aromatic carbocycles. The standard InChI is InChI=1S/C21H19F2NO4/c22-21(23)10-20(11-21,18(25)26)12-24-19(27)28-9-17-15-7-3-1-5-13(15)14-6-2-4-8-16(14)17/h1-8,17H,9-12H2,(H,24,27)(H,25,26). The number of alkyl halides is 2. The van der Waals surface area contributed by atoms with Crippen LogP contribution >= 0.6 is 0 Å². The Hall–Kier alpha value is -2.96. The van der Waals surface area contributed by atoms with Crippen LogP contribution in [0.25, 0.3) is 11.1 Å². The van der Waals surface area contributed by atoms with Gasteiger partial charge >= 0.3 is 12.1 Å². The van der Waals surface area contributed by atoms with E-state index in [-0.39, 0.29) is 19.1 Å². The molecule has 1 fully saturated rings. The van der Waals surface area contributed by atoms with Crippen LogP contribution < -0.4 is 5.32 Å². The zero-order valence-electron chi connectivity index (χ0n) is 15.0. The van der Waals surface area contributed by atoms with E-state index >= 15 is 0 Å². The maximum Gasteiger partial charge on any atom is 0.407 e. The molecule has 4 rings (SSSR count). The number of nitrogens with one attached hydrogen (secondary N) is 1. The number of rotatable bonds is 5. The third kappa shape index (κ3) is 3.10. The van der Waals surface area contributed by atoms with Crippen molar-refractivity contribution in [2.24, 2.45) is 5.41 Å². The minimum atomic E-state index is -3.00. The number of ether oxygens (including phenoxy) is 1. The highest BCUT2D eigenvalue weighted by molar-refractivity contribution is 5.79. The van der Waals surface area contributed by atoms with E-state index in [0.717, 1.165) is 22.3 Å². The molecule has 2 N–H and O–H groups in total. The van der Waals surface area contributed by atoms with Crippen LogP contribution in [0.3, 0.4) is 0 Å². The van der Waals surface area contributed by atoms with Crippen molar-refractivity contribution in [1.29, 1.82) is 0 Å². The summed E-state index contributed by atoms with van der Waals surface area (Å²) < 4.78 is 31.6. The van der Waals surface area contributed by atoms with Crippen molar-refractivity contribution < 1.29 is 28.2 Å². The first-order valence-electron chi connectivity index (χ1n) is 9.01. The van der Waals surface area contributed by atoms with E-state index < -0.39 is 36.2 Å². The summed E-state index contributed by atoms with van der Waals surface area (Å²) in [5.41, 5.74) is 2.66. The molecule has 0 heterocycles. The van der Waals surface area contributed by atoms with Crippen LogP contribution in [0.5, 0.6) is 0 Å². The van der Waals surface area contributed by atoms with Crippen LogP contribution in [0.2, 0.25) is 0 Å². The summed E-state index contributed by atoms with van der Waals surface area (Å²) in [6.07, 6.45) is -2.37. The lowest BCUT2D eigenvalue weighted by molar-refractivity contribution is -0.192. The predicted molar refractivity (Wildman–Crippen MR) is 97.3 cm³/mol. The van der Waals surface area contributed by atoms with Crippen molar-refractivity contribution in [2.45, 2.75) is 24.7 Å². The van der Waals surface area contributed by atoms with Gasteiger partial charge < -0.3 is 15.2 Å². The number of halogens is 2. The lowest BCUT2D eigenvalue weighted by Crippen LogP contribution is -2.56. The summed E-state index contributed by atoms with van der Waals surface area (Å²) in [6, 6.07) is 15.7. The molecule has 146 valence electrons. The molecule has 0 atom stereocenters. The first-order valence-corrected chi connectivity index (χ1v) is 9.01. The number of amides is 1. The number of carboxylic acid groups (broad SMARTS) is 1. The predicted octanol–water partition coefficient (Wildman–Crippen LogP) is 4.03. The van der Waals surface area contributed by atoms with Crippen LogP contribution in [0.1, 0.15) is 29.9 Å². The van der Waals surface area contributed by atoms with Crippen molar-refractivity contribution in [2.75, 3.05) is 13.2 Å². The summed E-state index contributed by atoms with van der Waals surface area (Å²) in [5.74, 6) is -4.46. The van der Waals surface area contributed by atoms with E-state index in [9.17, 15) is 23.5 Å². The third-order valence-electron chi connectivity index (χ3n) is 5.56. The van der Waals surface area contributed by atoms with Gasteiger partial charge in [-0.15, -0.1) is 0 Å². The Morgan fingerprint density at radius 1 is 1.04 bits per heavy atom. The maximum absolute atomic E-state index is 13.1. The van der Waals surface area contributed by atoms with Gasteiger partial charge in [0.25, 0.3) is 5.92 Å². The molecule has 2 aromatic rings. The normalized spacial score (nSPS) is 18.5. The van der Waals surface area contributed by atoms with Crippen molar-refractivity contribution in [3.05, 3.63) is 59.7 Å². The number of fused-ring (bicyclic) bond motifs is 3. The molecule has 1 saturated carbocycles. The van der Waals surface area contributed by atoms with E-state index in [0.29, 0.717) is 0 Å². The Bertz CT molecular complexity index is 890. The van der Waals surface area contributed by atoms with Gasteiger partial charge in [-0.1, -0.05) is 48.5 Å². The molecule has 0 unspecified atom stereocenters. The molecule has 5 nitrogen and oxygen atoms in total. The van der Waals surface area contributed by atoms with Gasteiger partial charge in [0.05, 0.1) is 5.41 Å². The summed E-state index contributed by atoms with van der Waals surface area (Å²) in [5, 5.41) is 11.6. The van der Waals surface area contributed by atoms with Gasteiger partial charge in [0.2, 0.25) is 0 Å². The van der Waals surface area contributed by atoms with E-state index in [1.165, 1.54) is 0 Å². The van der Waals surface area contributed by atoms with E-state index in [1.807, 2.05) is 48.5 Å². The number of alkyl carbamates (subject to hydrolysis) is 1. The molecular formula is C21H19F2NO4. The Kier molecular flexibility index (Phi) is 4.33. The fourth-order valence-corrected chi connectivity index (χ4v) is 4.18. The largest absolute Gasteiger partial charge is 0.481 e. The van der Waals surface area contributed by atoms with Gasteiger partial charge in [0, 0.05) is 25.3 Å². The van der Waals surface area contributed by atoms with Gasteiger partial charge in [-0.05, 0) is 22.3 Å². The Balaban J connectivity index is 1.40. The SMILES string of the molecule is O=C(NCC1(C(=O)O)CC(F)(F)C1)OCC1c2ccccc2-c2ccccc21. The topological polar surface area (TPSA) is 75.6 Å². The Morgan fingerprint density at radius 3 is 2.07 bits per heavy atom. The quantitative estimate of drug-likeness (QED) is 0.812. The zero-order valence-corrected chi connectivity index (χ0v) is 15.0. The van der Waals surface area contributed by atoms with Gasteiger partial charge in [0.15, 0.2) is 0 Å². The first kappa shape index (κ1) is 18.4. The molecule has 0 spiro atoms. The molecule has 2 aliphatic rings. The van der Waals surface area contributed by atoms with Crippen molar-refractivity contribution in [3.63, 3.8) is 0 Å². The molecule has 1 amide bonds. The summed E-state index contributed by atoms with van der Waals surface area (Å²) in [7, 11) is 0. The fourth-order valence-electron chi connectivity index (χ4n) is 4.18. The second-order valence-electron chi connectivity index (χ2n) is 7.47. The lowest BCUT2D eigenvalue weighted by Gasteiger charge is -2.43. The number of hydrogen-bond acceptors (Lipinski definition) is 3. The number of carboxylic acids is 1. The average Bonchev–Trinajstić information content (AvgIpc) is 2.96. The highest BCUT2D eigenvalue weighted by atomic mass is 19.3. The van der Waals surface area contributed by atoms with Crippen LogP contribution in [0.4, 0.5) is 13.6 Å². The second-order valence-corrected chi connectivity index (χ2v) is 7.47. The molecule has 0 radical (unpaired) electrons. The smallest absolute Gasteiger partial charge is 0.407 e. The summed E-state index contributed by atoms with van der Waals surface area (Å²) >= 11 is 0. The van der Waals surface area contributed by atoms with Crippen molar-refractivity contribution in [3.8, 4) is 11.1 Å². The number of hydrogen-bond donors (Lipinski definition) is 2. The number of benzene rings is 2. The van der Waals surface area contributed by atoms with Gasteiger partial charge in [-0.25, -0.2) is 13.6 Å². The highest BCUT2D eigenvalue weighted by Crippen LogP contribution is 2.51. The molecule has 7 heteroatoms. The summed E-state index contributed by atoms with van der Waals surface area (Å²) in [4.78, 5) is 23.4. The molecule has 28 heavy (non-hydrogen) atoms. The molecule has 0 aliphatic heterocycles. The van der Waals surface area contributed by atoms with Crippen molar-refractivity contribution >= 4 is 12.1 Å². The third-order valence-corrected chi connectivity index (χ3v) is 5.56. The zero-order chi connectivity index (χ0) is 19.9. The lowest BCUT2D eigenvalue weighted by atomic mass is 9.66. The molecule has 2 aliphatic carbocycles. The Labute approximate surface area is 160 Å². The van der Waals surface area contributed by atoms with Gasteiger partial charge in [-0.2, -0.15) is 0 Å². The second kappa shape index (κ2) is 6.58. The monoisotopic (exact) mass is 387 g/mol. The first-order chi connectivity index (χ1) is 13.3. The van der Waals surface area contributed by atoms with E-state index in [2.05, 4.69) is 5.32 Å². The van der Waals surface area contributed by atoms with Crippen LogP contribution in [-0.4, -0.2) is 36.2 Å². The molecule has 0 saturated heterocycles. The molecular weight excluding hydrogens is 368 g/mol. The minimum absolute atomic E-state index is 0.0795. The number of aliphatic carboxylic acids is 1. The molecule has 0 aromatic heterocycles. The molecule has 0 bridgehead atoms. The average molecular weight is 387 g/mol. The van der Waals surface area contributed by atoms with E-state index in [1.54, 1.807) is 0 Å². The summed E-state index contributed by atoms with van der Waals surface area (Å²) in [6.45, 7) is -0.301. The minimum Gasteiger partial charge on any atom is -0.481 e. The van der Waals surface area contributed by atoms with Crippen LogP contribution in [-0.2, 0) is 9.53 Å². The van der Waals surface area contributed by atoms with Crippen LogP contribution in [0, 0.1) is 5.41 Å². The number of carbonyl (C=O) groups excluding carboxylic acids is 1. The van der Waals surface area contributed by atoms with Gasteiger partial charge in [0.1, 0.15) is 6.61 Å². The van der Waals surface area contributed by atoms with Gasteiger partial charge in [-0.3, -0.25) is 4.79 Å². The Morgan fingerprint density at radius 2 is 1.57 bits per heavy atom. The fraction of sp³-hybridized carbons (Fsp3) is 0.333. The highest BCUT2D eigenvalue weighted by Gasteiger charge is 2.61.